The number of nitrogens with zero attached hydrogens (tertiary/aromatic N) is 3. The Morgan fingerprint density at radius 1 is 1.25 bits per heavy atom. The highest BCUT2D eigenvalue weighted by atomic mass is 35.5. The van der Waals surface area contributed by atoms with Gasteiger partial charge in [0.1, 0.15) is 11.6 Å². The van der Waals surface area contributed by atoms with Crippen molar-refractivity contribution in [3.63, 3.8) is 0 Å². The van der Waals surface area contributed by atoms with E-state index in [1.807, 2.05) is 36.4 Å². The number of fused-ring (bicyclic) bond motifs is 1. The van der Waals surface area contributed by atoms with Crippen molar-refractivity contribution >= 4 is 22.6 Å². The van der Waals surface area contributed by atoms with Gasteiger partial charge in [-0.3, -0.25) is 4.98 Å². The second-order valence-electron chi connectivity index (χ2n) is 4.42. The first-order valence-corrected chi connectivity index (χ1v) is 6.84. The molecule has 0 amide bonds. The van der Waals surface area contributed by atoms with E-state index in [9.17, 15) is 0 Å². The lowest BCUT2D eigenvalue weighted by atomic mass is 10.3. The Hall–Kier alpha value is -2.07. The van der Waals surface area contributed by atoms with E-state index < -0.39 is 0 Å². The zero-order valence-electron chi connectivity index (χ0n) is 11.1. The van der Waals surface area contributed by atoms with Gasteiger partial charge in [-0.05, 0) is 24.3 Å². The summed E-state index contributed by atoms with van der Waals surface area (Å²) in [6.45, 7) is 0.645. The average Bonchev–Trinajstić information content (AvgIpc) is 2.85. The Kier molecular flexibility index (Phi) is 3.56. The third-order valence-electron chi connectivity index (χ3n) is 3.20. The minimum Gasteiger partial charge on any atom is -0.497 e. The maximum absolute atomic E-state index is 6.01. The van der Waals surface area contributed by atoms with Gasteiger partial charge in [0.15, 0.2) is 0 Å². The van der Waals surface area contributed by atoms with Crippen LogP contribution in [0.4, 0.5) is 0 Å². The molecule has 0 fully saturated rings. The summed E-state index contributed by atoms with van der Waals surface area (Å²) in [6, 6.07) is 11.7. The fourth-order valence-corrected chi connectivity index (χ4v) is 2.42. The van der Waals surface area contributed by atoms with Crippen LogP contribution in [0, 0.1) is 0 Å². The smallest absolute Gasteiger partial charge is 0.125 e. The van der Waals surface area contributed by atoms with Crippen molar-refractivity contribution in [1.82, 2.24) is 14.5 Å². The van der Waals surface area contributed by atoms with E-state index in [0.29, 0.717) is 12.4 Å². The molecule has 5 heteroatoms. The number of hydrogen-bond donors (Lipinski definition) is 0. The van der Waals surface area contributed by atoms with Gasteiger partial charge in [0.25, 0.3) is 0 Å². The standard InChI is InChI=1S/C15H14ClN3O/c1-20-12-5-6-13-14(8-12)19(15(9-16)18-13)10-11-4-2-3-7-17-11/h2-8H,9-10H2,1H3. The molecule has 0 radical (unpaired) electrons. The van der Waals surface area contributed by atoms with Crippen LogP contribution in [0.2, 0.25) is 0 Å². The van der Waals surface area contributed by atoms with E-state index in [-0.39, 0.29) is 0 Å². The van der Waals surface area contributed by atoms with Crippen molar-refractivity contribution in [3.05, 3.63) is 54.1 Å². The van der Waals surface area contributed by atoms with Gasteiger partial charge in [-0.15, -0.1) is 11.6 Å². The van der Waals surface area contributed by atoms with Gasteiger partial charge in [0, 0.05) is 12.3 Å². The molecular formula is C15H14ClN3O. The summed E-state index contributed by atoms with van der Waals surface area (Å²) in [6.07, 6.45) is 1.79. The molecule has 2 aromatic heterocycles. The molecule has 0 spiro atoms. The first kappa shape index (κ1) is 12.9. The molecule has 3 aromatic rings. The topological polar surface area (TPSA) is 39.9 Å². The fourth-order valence-electron chi connectivity index (χ4n) is 2.21. The first-order chi connectivity index (χ1) is 9.81. The molecule has 102 valence electrons. The molecule has 0 unspecified atom stereocenters. The first-order valence-electron chi connectivity index (χ1n) is 6.31. The minimum atomic E-state index is 0.365. The highest BCUT2D eigenvalue weighted by molar-refractivity contribution is 6.16. The van der Waals surface area contributed by atoms with Crippen molar-refractivity contribution in [3.8, 4) is 5.75 Å². The molecule has 1 aromatic carbocycles. The lowest BCUT2D eigenvalue weighted by Gasteiger charge is -2.07. The Morgan fingerprint density at radius 3 is 2.85 bits per heavy atom. The lowest BCUT2D eigenvalue weighted by molar-refractivity contribution is 0.415. The van der Waals surface area contributed by atoms with Gasteiger partial charge in [-0.2, -0.15) is 0 Å². The summed E-state index contributed by atoms with van der Waals surface area (Å²) < 4.78 is 7.36. The number of rotatable bonds is 4. The summed E-state index contributed by atoms with van der Waals surface area (Å²) in [4.78, 5) is 8.91. The van der Waals surface area contributed by atoms with E-state index in [0.717, 1.165) is 28.3 Å². The molecule has 0 aliphatic rings. The maximum atomic E-state index is 6.01. The van der Waals surface area contributed by atoms with Gasteiger partial charge in [0.2, 0.25) is 0 Å². The molecule has 0 bridgehead atoms. The summed E-state index contributed by atoms with van der Waals surface area (Å²) in [5, 5.41) is 0. The molecule has 0 atom stereocenters. The summed E-state index contributed by atoms with van der Waals surface area (Å²) in [5.41, 5.74) is 2.89. The minimum absolute atomic E-state index is 0.365. The Labute approximate surface area is 122 Å². The highest BCUT2D eigenvalue weighted by Gasteiger charge is 2.11. The lowest BCUT2D eigenvalue weighted by Crippen LogP contribution is -2.05. The number of hydrogen-bond acceptors (Lipinski definition) is 3. The SMILES string of the molecule is COc1ccc2nc(CCl)n(Cc3ccccn3)c2c1. The molecule has 4 nitrogen and oxygen atoms in total. The van der Waals surface area contributed by atoms with E-state index in [2.05, 4.69) is 14.5 Å². The predicted octanol–water partition coefficient (Wildman–Crippen LogP) is 3.23. The van der Waals surface area contributed by atoms with Gasteiger partial charge in [0.05, 0.1) is 36.3 Å². The number of pyridine rings is 1. The third kappa shape index (κ3) is 2.34. The van der Waals surface area contributed by atoms with Crippen LogP contribution in [0.3, 0.4) is 0 Å². The Morgan fingerprint density at radius 2 is 2.15 bits per heavy atom. The predicted molar refractivity (Wildman–Crippen MR) is 79.2 cm³/mol. The number of aromatic nitrogens is 3. The summed E-state index contributed by atoms with van der Waals surface area (Å²) in [5.74, 6) is 2.01. The maximum Gasteiger partial charge on any atom is 0.125 e. The highest BCUT2D eigenvalue weighted by Crippen LogP contribution is 2.23. The molecule has 0 saturated heterocycles. The van der Waals surface area contributed by atoms with Crippen LogP contribution in [0.15, 0.2) is 42.6 Å². The van der Waals surface area contributed by atoms with Gasteiger partial charge in [-0.1, -0.05) is 6.07 Å². The van der Waals surface area contributed by atoms with Gasteiger partial charge in [-0.25, -0.2) is 4.98 Å². The normalized spacial score (nSPS) is 10.9. The van der Waals surface area contributed by atoms with Crippen LogP contribution in [-0.2, 0) is 12.4 Å². The van der Waals surface area contributed by atoms with E-state index in [1.54, 1.807) is 13.3 Å². The molecule has 20 heavy (non-hydrogen) atoms. The quantitative estimate of drug-likeness (QED) is 0.692. The Balaban J connectivity index is 2.11. The molecule has 2 heterocycles. The molecule has 0 aliphatic heterocycles. The fraction of sp³-hybridized carbons (Fsp3) is 0.200. The van der Waals surface area contributed by atoms with Gasteiger partial charge >= 0.3 is 0 Å². The van der Waals surface area contributed by atoms with Crippen LogP contribution in [0.25, 0.3) is 11.0 Å². The van der Waals surface area contributed by atoms with Crippen LogP contribution < -0.4 is 4.74 Å². The van der Waals surface area contributed by atoms with Crippen molar-refractivity contribution in [1.29, 1.82) is 0 Å². The van der Waals surface area contributed by atoms with E-state index in [4.69, 9.17) is 16.3 Å². The van der Waals surface area contributed by atoms with Crippen LogP contribution in [-0.4, -0.2) is 21.6 Å². The number of alkyl halides is 1. The Bertz CT molecular complexity index is 725. The number of methoxy groups -OCH3 is 1. The van der Waals surface area contributed by atoms with Crippen molar-refractivity contribution in [2.24, 2.45) is 0 Å². The number of benzene rings is 1. The molecule has 3 rings (SSSR count). The zero-order valence-corrected chi connectivity index (χ0v) is 11.8. The van der Waals surface area contributed by atoms with Gasteiger partial charge < -0.3 is 9.30 Å². The monoisotopic (exact) mass is 287 g/mol. The average molecular weight is 288 g/mol. The van der Waals surface area contributed by atoms with E-state index >= 15 is 0 Å². The van der Waals surface area contributed by atoms with Crippen molar-refractivity contribution < 1.29 is 4.74 Å². The summed E-state index contributed by atoms with van der Waals surface area (Å²) >= 11 is 6.01. The number of imidazole rings is 1. The second kappa shape index (κ2) is 5.51. The van der Waals surface area contributed by atoms with Crippen LogP contribution in [0.5, 0.6) is 5.75 Å². The number of halogens is 1. The van der Waals surface area contributed by atoms with Crippen molar-refractivity contribution in [2.75, 3.05) is 7.11 Å². The third-order valence-corrected chi connectivity index (χ3v) is 3.44. The molecule has 0 N–H and O–H groups in total. The van der Waals surface area contributed by atoms with Crippen LogP contribution >= 0.6 is 11.6 Å². The largest absolute Gasteiger partial charge is 0.497 e. The molecular weight excluding hydrogens is 274 g/mol. The van der Waals surface area contributed by atoms with Crippen molar-refractivity contribution in [2.45, 2.75) is 12.4 Å². The van der Waals surface area contributed by atoms with Crippen LogP contribution in [0.1, 0.15) is 11.5 Å². The number of ether oxygens (including phenoxy) is 1. The molecule has 0 saturated carbocycles. The summed E-state index contributed by atoms with van der Waals surface area (Å²) in [7, 11) is 1.66. The molecule has 0 aliphatic carbocycles. The second-order valence-corrected chi connectivity index (χ2v) is 4.69. The zero-order chi connectivity index (χ0) is 13.9. The van der Waals surface area contributed by atoms with E-state index in [1.165, 1.54) is 0 Å².